The molecule has 2 heterocycles. The van der Waals surface area contributed by atoms with Crippen LogP contribution in [-0.2, 0) is 14.8 Å². The Morgan fingerprint density at radius 3 is 2.27 bits per heavy atom. The number of nitrogens with zero attached hydrogens (tertiary/aromatic N) is 2. The number of nitrogens with one attached hydrogen (secondary N) is 1. The van der Waals surface area contributed by atoms with Crippen molar-refractivity contribution in [2.75, 3.05) is 12.3 Å². The predicted octanol–water partition coefficient (Wildman–Crippen LogP) is 5.62. The number of hydrogen-bond donors (Lipinski definition) is 1. The summed E-state index contributed by atoms with van der Waals surface area (Å²) < 4.78 is 28.4. The van der Waals surface area contributed by atoms with Gasteiger partial charge in [-0.1, -0.05) is 84.4 Å². The smallest absolute Gasteiger partial charge is 0.249 e. The lowest BCUT2D eigenvalue weighted by Crippen LogP contribution is -2.45. The molecule has 37 heavy (non-hydrogen) atoms. The van der Waals surface area contributed by atoms with Crippen molar-refractivity contribution in [3.63, 3.8) is 0 Å². The van der Waals surface area contributed by atoms with E-state index in [9.17, 15) is 13.2 Å². The summed E-state index contributed by atoms with van der Waals surface area (Å²) in [5, 5.41) is 2.48. The van der Waals surface area contributed by atoms with Gasteiger partial charge in [0.2, 0.25) is 15.9 Å². The predicted molar refractivity (Wildman–Crippen MR) is 150 cm³/mol. The van der Waals surface area contributed by atoms with Gasteiger partial charge in [0.05, 0.1) is 10.9 Å². The molecule has 5 rings (SSSR count). The molecule has 0 bridgehead atoms. The first-order chi connectivity index (χ1) is 17.9. The second-order valence-electron chi connectivity index (χ2n) is 8.49. The highest BCUT2D eigenvalue weighted by Crippen LogP contribution is 2.32. The van der Waals surface area contributed by atoms with Crippen LogP contribution in [0.5, 0.6) is 0 Å². The fraction of sp³-hybridized carbons (Fsp3) is 0.143. The molecule has 3 aromatic carbocycles. The normalized spacial score (nSPS) is 16.8. The van der Waals surface area contributed by atoms with Crippen LogP contribution in [0.2, 0.25) is 5.15 Å². The third-order valence-corrected chi connectivity index (χ3v) is 9.57. The van der Waals surface area contributed by atoms with Gasteiger partial charge in [0.15, 0.2) is 0 Å². The first-order valence-electron chi connectivity index (χ1n) is 11.7. The number of amides is 1. The van der Waals surface area contributed by atoms with Crippen LogP contribution in [0.3, 0.4) is 0 Å². The Balaban J connectivity index is 0.00000336. The number of rotatable bonds is 7. The van der Waals surface area contributed by atoms with Gasteiger partial charge in [-0.15, -0.1) is 11.8 Å². The van der Waals surface area contributed by atoms with Crippen LogP contribution in [0.25, 0.3) is 11.1 Å². The van der Waals surface area contributed by atoms with E-state index in [4.69, 9.17) is 11.6 Å². The number of thioether (sulfide) groups is 1. The zero-order valence-corrected chi connectivity index (χ0v) is 22.1. The third kappa shape index (κ3) is 5.57. The maximum absolute atomic E-state index is 13.6. The molecule has 190 valence electrons. The van der Waals surface area contributed by atoms with Gasteiger partial charge in [-0.2, -0.15) is 4.31 Å². The fourth-order valence-corrected chi connectivity index (χ4v) is 7.58. The van der Waals surface area contributed by atoms with E-state index in [1.165, 1.54) is 16.1 Å². The molecule has 1 aliphatic heterocycles. The Kier molecular flexibility index (Phi) is 7.62. The molecule has 1 amide bonds. The molecule has 9 heteroatoms. The Morgan fingerprint density at radius 1 is 0.946 bits per heavy atom. The molecule has 1 aliphatic rings. The van der Waals surface area contributed by atoms with Crippen LogP contribution in [0.1, 0.15) is 18.6 Å². The highest BCUT2D eigenvalue weighted by molar-refractivity contribution is 8.02. The minimum absolute atomic E-state index is 0. The van der Waals surface area contributed by atoms with Crippen molar-refractivity contribution in [1.82, 2.24) is 14.6 Å². The standard InChI is InChI=1S/C28H24ClN3O3S2.H2/c29-25-19-23(15-16-30-25)26(22-9-5-2-6-10-22)31-27(33)28-32(17-18-36-28)37(34,35)24-13-11-21(12-14-24)20-7-3-1-4-8-20;/h1-16,19,26,28H,17-18H2,(H,31,33);1H. The second kappa shape index (κ2) is 11.1. The third-order valence-electron chi connectivity index (χ3n) is 6.14. The Morgan fingerprint density at radius 2 is 1.59 bits per heavy atom. The lowest BCUT2D eigenvalue weighted by atomic mass is 9.99. The molecule has 4 aromatic rings. The monoisotopic (exact) mass is 551 g/mol. The number of halogens is 1. The van der Waals surface area contributed by atoms with E-state index in [2.05, 4.69) is 10.3 Å². The largest absolute Gasteiger partial charge is 0.343 e. The molecule has 0 spiro atoms. The van der Waals surface area contributed by atoms with Gasteiger partial charge < -0.3 is 5.32 Å². The van der Waals surface area contributed by atoms with Gasteiger partial charge in [0.1, 0.15) is 10.5 Å². The molecular weight excluding hydrogens is 526 g/mol. The van der Waals surface area contributed by atoms with Crippen molar-refractivity contribution in [2.24, 2.45) is 0 Å². The summed E-state index contributed by atoms with van der Waals surface area (Å²) in [4.78, 5) is 17.7. The minimum atomic E-state index is -3.88. The molecular formula is C28H26ClN3O3S2. The van der Waals surface area contributed by atoms with E-state index < -0.39 is 21.4 Å². The van der Waals surface area contributed by atoms with E-state index in [1.54, 1.807) is 42.6 Å². The molecule has 1 N–H and O–H groups in total. The van der Waals surface area contributed by atoms with Gasteiger partial charge in [0.25, 0.3) is 0 Å². The number of pyridine rings is 1. The van der Waals surface area contributed by atoms with E-state index in [1.807, 2.05) is 60.7 Å². The summed E-state index contributed by atoms with van der Waals surface area (Å²) in [5.74, 6) is 0.144. The average molecular weight is 552 g/mol. The first-order valence-corrected chi connectivity index (χ1v) is 14.6. The van der Waals surface area contributed by atoms with Crippen molar-refractivity contribution in [1.29, 1.82) is 0 Å². The van der Waals surface area contributed by atoms with E-state index in [0.29, 0.717) is 10.9 Å². The number of hydrogen-bond acceptors (Lipinski definition) is 5. The zero-order valence-electron chi connectivity index (χ0n) is 19.7. The van der Waals surface area contributed by atoms with Gasteiger partial charge >= 0.3 is 0 Å². The molecule has 0 radical (unpaired) electrons. The molecule has 1 fully saturated rings. The van der Waals surface area contributed by atoms with E-state index >= 15 is 0 Å². The van der Waals surface area contributed by atoms with Gasteiger partial charge in [-0.05, 0) is 46.5 Å². The summed E-state index contributed by atoms with van der Waals surface area (Å²) in [5.41, 5.74) is 3.54. The van der Waals surface area contributed by atoms with Crippen molar-refractivity contribution < 1.29 is 14.6 Å². The lowest BCUT2D eigenvalue weighted by Gasteiger charge is -2.26. The summed E-state index contributed by atoms with van der Waals surface area (Å²) in [6.45, 7) is 0.253. The van der Waals surface area contributed by atoms with Gasteiger partial charge in [0, 0.05) is 19.9 Å². The fourth-order valence-electron chi connectivity index (χ4n) is 4.31. The number of carbonyl (C=O) groups is 1. The quantitative estimate of drug-likeness (QED) is 0.302. The van der Waals surface area contributed by atoms with Crippen LogP contribution >= 0.6 is 23.4 Å². The van der Waals surface area contributed by atoms with Gasteiger partial charge in [-0.3, -0.25) is 4.79 Å². The van der Waals surface area contributed by atoms with Crippen molar-refractivity contribution in [3.8, 4) is 11.1 Å². The molecule has 1 saturated heterocycles. The van der Waals surface area contributed by atoms with Crippen LogP contribution in [0.4, 0.5) is 0 Å². The number of benzene rings is 3. The minimum Gasteiger partial charge on any atom is -0.343 e. The highest BCUT2D eigenvalue weighted by Gasteiger charge is 2.41. The van der Waals surface area contributed by atoms with Crippen molar-refractivity contribution >= 4 is 39.3 Å². The summed E-state index contributed by atoms with van der Waals surface area (Å²) in [6.07, 6.45) is 1.58. The topological polar surface area (TPSA) is 79.4 Å². The summed E-state index contributed by atoms with van der Waals surface area (Å²) in [7, 11) is -3.88. The molecule has 0 aliphatic carbocycles. The second-order valence-corrected chi connectivity index (χ2v) is 12.0. The van der Waals surface area contributed by atoms with Gasteiger partial charge in [-0.25, -0.2) is 13.4 Å². The maximum Gasteiger partial charge on any atom is 0.249 e. The number of carbonyl (C=O) groups excluding carboxylic acids is 1. The molecule has 0 saturated carbocycles. The highest BCUT2D eigenvalue weighted by atomic mass is 35.5. The summed E-state index contributed by atoms with van der Waals surface area (Å²) >= 11 is 7.44. The van der Waals surface area contributed by atoms with Crippen LogP contribution in [0.15, 0.2) is 108 Å². The average Bonchev–Trinajstić information content (AvgIpc) is 3.44. The van der Waals surface area contributed by atoms with E-state index in [0.717, 1.165) is 22.3 Å². The molecule has 2 atom stereocenters. The van der Waals surface area contributed by atoms with Crippen molar-refractivity contribution in [3.05, 3.63) is 120 Å². The SMILES string of the molecule is O=C(NC(c1ccccc1)c1ccnc(Cl)c1)C1SCCN1S(=O)(=O)c1ccc(-c2ccccc2)cc1.[HH]. The maximum atomic E-state index is 13.6. The number of aromatic nitrogens is 1. The van der Waals surface area contributed by atoms with Crippen LogP contribution in [-0.4, -0.2) is 41.3 Å². The molecule has 1 aromatic heterocycles. The Hall–Kier alpha value is -3.17. The van der Waals surface area contributed by atoms with Crippen molar-refractivity contribution in [2.45, 2.75) is 16.3 Å². The number of sulfonamides is 1. The molecule has 6 nitrogen and oxygen atoms in total. The van der Waals surface area contributed by atoms with E-state index in [-0.39, 0.29) is 18.8 Å². The lowest BCUT2D eigenvalue weighted by molar-refractivity contribution is -0.122. The van der Waals surface area contributed by atoms with Crippen LogP contribution in [0, 0.1) is 0 Å². The van der Waals surface area contributed by atoms with Crippen LogP contribution < -0.4 is 5.32 Å². The first kappa shape index (κ1) is 25.5. The summed E-state index contributed by atoms with van der Waals surface area (Å²) in [6, 6.07) is 29.0. The zero-order chi connectivity index (χ0) is 25.8. The Bertz CT molecular complexity index is 1490. The Labute approximate surface area is 227 Å². The molecule has 2 unspecified atom stereocenters.